The summed E-state index contributed by atoms with van der Waals surface area (Å²) < 4.78 is 0.822. The first-order chi connectivity index (χ1) is 10.1. The van der Waals surface area contributed by atoms with Crippen molar-refractivity contribution >= 4 is 39.0 Å². The lowest BCUT2D eigenvalue weighted by Crippen LogP contribution is -2.22. The molecule has 0 radical (unpaired) electrons. The van der Waals surface area contributed by atoms with E-state index < -0.39 is 0 Å². The van der Waals surface area contributed by atoms with Gasteiger partial charge in [-0.2, -0.15) is 0 Å². The van der Waals surface area contributed by atoms with Crippen molar-refractivity contribution in [2.75, 3.05) is 17.2 Å². The van der Waals surface area contributed by atoms with Crippen LogP contribution in [0.1, 0.15) is 17.3 Å². The Labute approximate surface area is 131 Å². The minimum absolute atomic E-state index is 0.0377. The molecule has 4 nitrogen and oxygen atoms in total. The molecule has 2 N–H and O–H groups in total. The number of nitrogens with one attached hydrogen (secondary N) is 2. The molecule has 0 aromatic heterocycles. The second kappa shape index (κ2) is 7.04. The highest BCUT2D eigenvalue weighted by molar-refractivity contribution is 9.10. The van der Waals surface area contributed by atoms with Gasteiger partial charge in [-0.3, -0.25) is 9.59 Å². The van der Waals surface area contributed by atoms with E-state index in [1.807, 2.05) is 30.3 Å². The van der Waals surface area contributed by atoms with Crippen molar-refractivity contribution in [2.45, 2.75) is 6.92 Å². The van der Waals surface area contributed by atoms with Gasteiger partial charge in [0.15, 0.2) is 5.78 Å². The summed E-state index contributed by atoms with van der Waals surface area (Å²) in [6, 6.07) is 14.5. The van der Waals surface area contributed by atoms with Gasteiger partial charge in [-0.1, -0.05) is 24.3 Å². The molecule has 0 unspecified atom stereocenters. The van der Waals surface area contributed by atoms with Crippen LogP contribution < -0.4 is 10.6 Å². The van der Waals surface area contributed by atoms with E-state index in [4.69, 9.17) is 0 Å². The number of benzene rings is 2. The highest BCUT2D eigenvalue weighted by Gasteiger charge is 2.08. The minimum atomic E-state index is -0.180. The van der Waals surface area contributed by atoms with Crippen LogP contribution in [0.2, 0.25) is 0 Å². The van der Waals surface area contributed by atoms with E-state index in [9.17, 15) is 9.59 Å². The maximum absolute atomic E-state index is 11.9. The molecule has 0 aliphatic rings. The van der Waals surface area contributed by atoms with Gasteiger partial charge in [0.2, 0.25) is 5.91 Å². The van der Waals surface area contributed by atoms with Crippen molar-refractivity contribution in [1.29, 1.82) is 0 Å². The Kier molecular flexibility index (Phi) is 5.11. The standard InChI is InChI=1S/C16H15BrN2O2/c1-11(20)12-6-2-4-8-14(12)18-10-16(21)19-15-9-5-3-7-13(15)17/h2-9,18H,10H2,1H3,(H,19,21). The first-order valence-corrected chi connectivity index (χ1v) is 7.25. The average molecular weight is 347 g/mol. The van der Waals surface area contributed by atoms with E-state index >= 15 is 0 Å². The normalized spacial score (nSPS) is 10.0. The zero-order chi connectivity index (χ0) is 15.2. The van der Waals surface area contributed by atoms with Crippen molar-refractivity contribution < 1.29 is 9.59 Å². The fraction of sp³-hybridized carbons (Fsp3) is 0.125. The first-order valence-electron chi connectivity index (χ1n) is 6.46. The molecular weight excluding hydrogens is 332 g/mol. The molecule has 0 atom stereocenters. The van der Waals surface area contributed by atoms with E-state index in [1.165, 1.54) is 6.92 Å². The summed E-state index contributed by atoms with van der Waals surface area (Å²) in [6.45, 7) is 1.59. The number of anilines is 2. The highest BCUT2D eigenvalue weighted by atomic mass is 79.9. The number of ketones is 1. The number of rotatable bonds is 5. The predicted octanol–water partition coefficient (Wildman–Crippen LogP) is 3.70. The van der Waals surface area contributed by atoms with Crippen LogP contribution in [0.25, 0.3) is 0 Å². The number of carbonyl (C=O) groups is 2. The van der Waals surface area contributed by atoms with Crippen LogP contribution in [0.5, 0.6) is 0 Å². The van der Waals surface area contributed by atoms with Crippen LogP contribution in [0, 0.1) is 0 Å². The number of Topliss-reactive ketones (excluding diaryl/α,β-unsaturated/α-hetero) is 1. The molecule has 0 aliphatic carbocycles. The third kappa shape index (κ3) is 4.16. The molecule has 108 valence electrons. The Morgan fingerprint density at radius 1 is 1.00 bits per heavy atom. The topological polar surface area (TPSA) is 58.2 Å². The van der Waals surface area contributed by atoms with Crippen LogP contribution >= 0.6 is 15.9 Å². The molecular formula is C16H15BrN2O2. The molecule has 0 saturated carbocycles. The van der Waals surface area contributed by atoms with Gasteiger partial charge in [0.05, 0.1) is 12.2 Å². The summed E-state index contributed by atoms with van der Waals surface area (Å²) in [6.07, 6.45) is 0. The third-order valence-electron chi connectivity index (χ3n) is 2.89. The fourth-order valence-electron chi connectivity index (χ4n) is 1.88. The lowest BCUT2D eigenvalue weighted by molar-refractivity contribution is -0.114. The van der Waals surface area contributed by atoms with Crippen LogP contribution in [0.4, 0.5) is 11.4 Å². The van der Waals surface area contributed by atoms with Gasteiger partial charge in [0.1, 0.15) is 0 Å². The number of carbonyl (C=O) groups excluding carboxylic acids is 2. The smallest absolute Gasteiger partial charge is 0.243 e. The van der Waals surface area contributed by atoms with E-state index in [1.54, 1.807) is 18.2 Å². The summed E-state index contributed by atoms with van der Waals surface area (Å²) in [4.78, 5) is 23.4. The van der Waals surface area contributed by atoms with Crippen LogP contribution in [0.15, 0.2) is 53.0 Å². The van der Waals surface area contributed by atoms with Gasteiger partial charge in [-0.05, 0) is 47.1 Å². The molecule has 0 fully saturated rings. The Morgan fingerprint density at radius 3 is 2.29 bits per heavy atom. The van der Waals surface area contributed by atoms with Crippen molar-refractivity contribution in [3.8, 4) is 0 Å². The summed E-state index contributed by atoms with van der Waals surface area (Å²) in [5.41, 5.74) is 1.95. The van der Waals surface area contributed by atoms with Gasteiger partial charge in [0.25, 0.3) is 0 Å². The van der Waals surface area contributed by atoms with Crippen molar-refractivity contribution in [3.63, 3.8) is 0 Å². The second-order valence-corrected chi connectivity index (χ2v) is 5.34. The van der Waals surface area contributed by atoms with Gasteiger partial charge < -0.3 is 10.6 Å². The summed E-state index contributed by atoms with van der Waals surface area (Å²) in [5.74, 6) is -0.218. The lowest BCUT2D eigenvalue weighted by Gasteiger charge is -2.11. The molecule has 0 bridgehead atoms. The SMILES string of the molecule is CC(=O)c1ccccc1NCC(=O)Nc1ccccc1Br. The van der Waals surface area contributed by atoms with E-state index in [0.717, 1.165) is 4.47 Å². The van der Waals surface area contributed by atoms with Gasteiger partial charge in [-0.25, -0.2) is 0 Å². The number of hydrogen-bond acceptors (Lipinski definition) is 3. The van der Waals surface area contributed by atoms with Crippen LogP contribution in [-0.4, -0.2) is 18.2 Å². The molecule has 5 heteroatoms. The number of halogens is 1. The van der Waals surface area contributed by atoms with Gasteiger partial charge in [-0.15, -0.1) is 0 Å². The molecule has 1 amide bonds. The minimum Gasteiger partial charge on any atom is -0.376 e. The van der Waals surface area contributed by atoms with Gasteiger partial charge in [0, 0.05) is 15.7 Å². The zero-order valence-corrected chi connectivity index (χ0v) is 13.1. The molecule has 2 aromatic rings. The van der Waals surface area contributed by atoms with Crippen LogP contribution in [0.3, 0.4) is 0 Å². The summed E-state index contributed by atoms with van der Waals surface area (Å²) in [7, 11) is 0. The molecule has 2 rings (SSSR count). The van der Waals surface area contributed by atoms with Crippen molar-refractivity contribution in [3.05, 3.63) is 58.6 Å². The molecule has 0 heterocycles. The molecule has 0 aliphatic heterocycles. The predicted molar refractivity (Wildman–Crippen MR) is 87.7 cm³/mol. The monoisotopic (exact) mass is 346 g/mol. The second-order valence-electron chi connectivity index (χ2n) is 4.48. The maximum atomic E-state index is 11.9. The Hall–Kier alpha value is -2.14. The first kappa shape index (κ1) is 15.3. The molecule has 0 saturated heterocycles. The number of para-hydroxylation sites is 2. The van der Waals surface area contributed by atoms with E-state index in [2.05, 4.69) is 26.6 Å². The zero-order valence-electron chi connectivity index (χ0n) is 11.5. The molecule has 0 spiro atoms. The van der Waals surface area contributed by atoms with Gasteiger partial charge >= 0.3 is 0 Å². The lowest BCUT2D eigenvalue weighted by atomic mass is 10.1. The van der Waals surface area contributed by atoms with E-state index in [0.29, 0.717) is 16.9 Å². The number of amides is 1. The maximum Gasteiger partial charge on any atom is 0.243 e. The summed E-state index contributed by atoms with van der Waals surface area (Å²) in [5, 5.41) is 5.78. The molecule has 2 aromatic carbocycles. The Morgan fingerprint density at radius 2 is 1.62 bits per heavy atom. The third-order valence-corrected chi connectivity index (χ3v) is 3.59. The average Bonchev–Trinajstić information content (AvgIpc) is 2.48. The number of hydrogen-bond donors (Lipinski definition) is 2. The van der Waals surface area contributed by atoms with Crippen molar-refractivity contribution in [1.82, 2.24) is 0 Å². The van der Waals surface area contributed by atoms with Crippen LogP contribution in [-0.2, 0) is 4.79 Å². The highest BCUT2D eigenvalue weighted by Crippen LogP contribution is 2.21. The fourth-order valence-corrected chi connectivity index (χ4v) is 2.26. The van der Waals surface area contributed by atoms with Crippen molar-refractivity contribution in [2.24, 2.45) is 0 Å². The largest absolute Gasteiger partial charge is 0.376 e. The Bertz CT molecular complexity index is 671. The van der Waals surface area contributed by atoms with E-state index in [-0.39, 0.29) is 18.2 Å². The molecule has 21 heavy (non-hydrogen) atoms. The quantitative estimate of drug-likeness (QED) is 0.811. The summed E-state index contributed by atoms with van der Waals surface area (Å²) >= 11 is 3.37. The Balaban J connectivity index is 1.99.